The van der Waals surface area contributed by atoms with Gasteiger partial charge in [-0.15, -0.1) is 0 Å². The van der Waals surface area contributed by atoms with Gasteiger partial charge < -0.3 is 28.5 Å². The first-order chi connectivity index (χ1) is 19.1. The largest absolute Gasteiger partial charge is 0.491 e. The number of aliphatic hydroxyl groups excluding tert-OH is 1. The standard InChI is InChI=1S/C32H30O7/c1-21-19-22(2)38-31-26(21)11-12-27-29(31)28(23-7-4-3-5-8-23)32(39-27)30(34)24-9-6-10-25(20-24)37-18-17-36-16-15-35-14-13-33/h3-12,19-20,33H,2,13-18H2,1H3. The minimum absolute atomic E-state index is 0.0121. The third-order valence-electron chi connectivity index (χ3n) is 6.31. The highest BCUT2D eigenvalue weighted by Gasteiger charge is 2.28. The zero-order valence-electron chi connectivity index (χ0n) is 21.8. The van der Waals surface area contributed by atoms with Gasteiger partial charge in [-0.2, -0.15) is 0 Å². The number of furan rings is 1. The molecule has 0 saturated heterocycles. The van der Waals surface area contributed by atoms with Crippen LogP contribution in [0, 0.1) is 0 Å². The third kappa shape index (κ3) is 5.81. The summed E-state index contributed by atoms with van der Waals surface area (Å²) < 4.78 is 28.8. The Morgan fingerprint density at radius 2 is 1.69 bits per heavy atom. The van der Waals surface area contributed by atoms with Gasteiger partial charge in [0.2, 0.25) is 5.78 Å². The quantitative estimate of drug-likeness (QED) is 0.178. The number of carbonyl (C=O) groups excluding carboxylic acids is 1. The molecule has 0 unspecified atom stereocenters. The molecule has 0 bridgehead atoms. The van der Waals surface area contributed by atoms with Crippen LogP contribution in [0.25, 0.3) is 27.7 Å². The second-order valence-electron chi connectivity index (χ2n) is 9.04. The van der Waals surface area contributed by atoms with Gasteiger partial charge in [-0.3, -0.25) is 4.79 Å². The number of rotatable bonds is 12. The van der Waals surface area contributed by atoms with E-state index in [2.05, 4.69) is 6.58 Å². The summed E-state index contributed by atoms with van der Waals surface area (Å²) in [5.41, 5.74) is 4.50. The van der Waals surface area contributed by atoms with Crippen molar-refractivity contribution in [3.8, 4) is 22.6 Å². The lowest BCUT2D eigenvalue weighted by atomic mass is 9.94. The average Bonchev–Trinajstić information content (AvgIpc) is 3.35. The number of fused-ring (bicyclic) bond motifs is 3. The highest BCUT2D eigenvalue weighted by molar-refractivity contribution is 6.17. The molecule has 7 heteroatoms. The Bertz CT molecular complexity index is 1510. The van der Waals surface area contributed by atoms with E-state index in [1.54, 1.807) is 24.3 Å². The van der Waals surface area contributed by atoms with E-state index in [0.717, 1.165) is 22.1 Å². The molecule has 3 aromatic carbocycles. The minimum atomic E-state index is -0.261. The molecule has 0 aliphatic carbocycles. The second-order valence-corrected chi connectivity index (χ2v) is 9.04. The Hall–Kier alpha value is -4.17. The van der Waals surface area contributed by atoms with E-state index in [4.69, 9.17) is 28.5 Å². The molecular formula is C32H30O7. The lowest BCUT2D eigenvalue weighted by molar-refractivity contribution is 0.0247. The third-order valence-corrected chi connectivity index (χ3v) is 6.31. The normalized spacial score (nSPS) is 12.7. The zero-order valence-corrected chi connectivity index (χ0v) is 21.8. The van der Waals surface area contributed by atoms with Gasteiger partial charge in [0, 0.05) is 16.7 Å². The summed E-state index contributed by atoms with van der Waals surface area (Å²) in [5.74, 6) is 1.69. The van der Waals surface area contributed by atoms with E-state index < -0.39 is 0 Å². The summed E-state index contributed by atoms with van der Waals surface area (Å²) in [7, 11) is 0. The lowest BCUT2D eigenvalue weighted by Gasteiger charge is -2.18. The number of benzene rings is 3. The Balaban J connectivity index is 1.44. The van der Waals surface area contributed by atoms with Crippen LogP contribution in [-0.4, -0.2) is 50.5 Å². The molecule has 4 aromatic rings. The van der Waals surface area contributed by atoms with E-state index in [1.807, 2.05) is 55.5 Å². The monoisotopic (exact) mass is 526 g/mol. The first kappa shape index (κ1) is 26.4. The molecule has 0 atom stereocenters. The van der Waals surface area contributed by atoms with E-state index in [-0.39, 0.29) is 18.2 Å². The predicted molar refractivity (Wildman–Crippen MR) is 149 cm³/mol. The number of aliphatic hydroxyl groups is 1. The number of hydrogen-bond donors (Lipinski definition) is 1. The van der Waals surface area contributed by atoms with Crippen LogP contribution in [-0.2, 0) is 9.47 Å². The molecule has 1 aromatic heterocycles. The van der Waals surface area contributed by atoms with Crippen molar-refractivity contribution >= 4 is 22.3 Å². The molecule has 0 amide bonds. The van der Waals surface area contributed by atoms with Crippen LogP contribution in [0.1, 0.15) is 28.6 Å². The van der Waals surface area contributed by atoms with Crippen molar-refractivity contribution < 1.29 is 33.3 Å². The maximum atomic E-state index is 13.9. The van der Waals surface area contributed by atoms with Gasteiger partial charge in [0.25, 0.3) is 0 Å². The van der Waals surface area contributed by atoms with Crippen LogP contribution < -0.4 is 9.47 Å². The SMILES string of the molecule is C=C1C=C(C)c2ccc3oc(C(=O)c4cccc(OCCOCCOCCO)c4)c(-c4ccccc4)c3c2O1. The number of allylic oxidation sites excluding steroid dienone is 2. The fourth-order valence-electron chi connectivity index (χ4n) is 4.56. The Morgan fingerprint density at radius 3 is 2.49 bits per heavy atom. The van der Waals surface area contributed by atoms with Gasteiger partial charge in [-0.05, 0) is 48.4 Å². The number of hydrogen-bond acceptors (Lipinski definition) is 7. The van der Waals surface area contributed by atoms with E-state index in [0.29, 0.717) is 67.0 Å². The van der Waals surface area contributed by atoms with Crippen molar-refractivity contribution in [1.82, 2.24) is 0 Å². The summed E-state index contributed by atoms with van der Waals surface area (Å²) in [6, 6.07) is 20.5. The van der Waals surface area contributed by atoms with Gasteiger partial charge in [-0.1, -0.05) is 49.0 Å². The molecule has 1 aliphatic rings. The van der Waals surface area contributed by atoms with Gasteiger partial charge in [0.15, 0.2) is 5.76 Å². The molecule has 0 fully saturated rings. The predicted octanol–water partition coefficient (Wildman–Crippen LogP) is 6.04. The van der Waals surface area contributed by atoms with Crippen molar-refractivity contribution in [2.24, 2.45) is 0 Å². The van der Waals surface area contributed by atoms with Gasteiger partial charge in [0.1, 0.15) is 29.4 Å². The first-order valence-corrected chi connectivity index (χ1v) is 12.8. The zero-order chi connectivity index (χ0) is 27.2. The van der Waals surface area contributed by atoms with E-state index in [9.17, 15) is 4.79 Å². The molecule has 7 nitrogen and oxygen atoms in total. The maximum Gasteiger partial charge on any atom is 0.229 e. The summed E-state index contributed by atoms with van der Waals surface area (Å²) >= 11 is 0. The first-order valence-electron chi connectivity index (χ1n) is 12.8. The molecular weight excluding hydrogens is 496 g/mol. The highest BCUT2D eigenvalue weighted by atomic mass is 16.5. The number of ether oxygens (including phenoxy) is 4. The molecule has 1 N–H and O–H groups in total. The lowest BCUT2D eigenvalue weighted by Crippen LogP contribution is -2.12. The summed E-state index contributed by atoms with van der Waals surface area (Å²) in [6.45, 7) is 7.78. The molecule has 200 valence electrons. The summed E-state index contributed by atoms with van der Waals surface area (Å²) in [4.78, 5) is 13.9. The molecule has 0 saturated carbocycles. The molecule has 39 heavy (non-hydrogen) atoms. The van der Waals surface area contributed by atoms with Crippen LogP contribution in [0.15, 0.2) is 89.6 Å². The summed E-state index contributed by atoms with van der Waals surface area (Å²) in [6.07, 6.45) is 1.89. The maximum absolute atomic E-state index is 13.9. The van der Waals surface area contributed by atoms with Crippen molar-refractivity contribution in [2.45, 2.75) is 6.92 Å². The van der Waals surface area contributed by atoms with Crippen LogP contribution >= 0.6 is 0 Å². The van der Waals surface area contributed by atoms with Crippen molar-refractivity contribution in [3.63, 3.8) is 0 Å². The topological polar surface area (TPSA) is 87.4 Å². The van der Waals surface area contributed by atoms with Crippen molar-refractivity contribution in [1.29, 1.82) is 0 Å². The van der Waals surface area contributed by atoms with E-state index in [1.165, 1.54) is 0 Å². The number of ketones is 1. The Morgan fingerprint density at radius 1 is 0.923 bits per heavy atom. The molecule has 2 heterocycles. The molecule has 5 rings (SSSR count). The average molecular weight is 527 g/mol. The van der Waals surface area contributed by atoms with Gasteiger partial charge >= 0.3 is 0 Å². The molecule has 0 spiro atoms. The minimum Gasteiger partial charge on any atom is -0.491 e. The highest BCUT2D eigenvalue weighted by Crippen LogP contribution is 2.46. The van der Waals surface area contributed by atoms with Crippen LogP contribution in [0.3, 0.4) is 0 Å². The molecule has 0 radical (unpaired) electrons. The fraction of sp³-hybridized carbons (Fsp3) is 0.219. The smallest absolute Gasteiger partial charge is 0.229 e. The van der Waals surface area contributed by atoms with Crippen LogP contribution in [0.5, 0.6) is 11.5 Å². The second kappa shape index (κ2) is 12.1. The van der Waals surface area contributed by atoms with Crippen molar-refractivity contribution in [3.05, 3.63) is 102 Å². The fourth-order valence-corrected chi connectivity index (χ4v) is 4.56. The Kier molecular flexibility index (Phi) is 8.22. The number of carbonyl (C=O) groups is 1. The van der Waals surface area contributed by atoms with Gasteiger partial charge in [0.05, 0.1) is 38.4 Å². The van der Waals surface area contributed by atoms with E-state index >= 15 is 0 Å². The summed E-state index contributed by atoms with van der Waals surface area (Å²) in [5, 5.41) is 9.46. The van der Waals surface area contributed by atoms with Gasteiger partial charge in [-0.25, -0.2) is 0 Å². The van der Waals surface area contributed by atoms with Crippen LogP contribution in [0.2, 0.25) is 0 Å². The van der Waals surface area contributed by atoms with Crippen molar-refractivity contribution in [2.75, 3.05) is 39.6 Å². The van der Waals surface area contributed by atoms with Crippen LogP contribution in [0.4, 0.5) is 0 Å². The Labute approximate surface area is 226 Å². The molecule has 1 aliphatic heterocycles.